The second kappa shape index (κ2) is 11.3. The highest BCUT2D eigenvalue weighted by Crippen LogP contribution is 2.24. The molecule has 1 atom stereocenters. The van der Waals surface area contributed by atoms with Crippen molar-refractivity contribution in [3.63, 3.8) is 0 Å². The number of nitrogens with zero attached hydrogens (tertiary/aromatic N) is 3. The molecule has 0 saturated heterocycles. The molecule has 0 bridgehead atoms. The zero-order valence-corrected chi connectivity index (χ0v) is 20.4. The molecule has 1 heterocycles. The monoisotopic (exact) mass is 496 g/mol. The summed E-state index contributed by atoms with van der Waals surface area (Å²) in [6, 6.07) is 24.9. The van der Waals surface area contributed by atoms with Crippen LogP contribution in [0.15, 0.2) is 91.1 Å². The summed E-state index contributed by atoms with van der Waals surface area (Å²) < 4.78 is 1.66. The van der Waals surface area contributed by atoms with Gasteiger partial charge in [-0.25, -0.2) is 9.88 Å². The molecule has 0 saturated carbocycles. The molecular weight excluding hydrogens is 468 g/mol. The molecule has 1 aromatic heterocycles. The van der Waals surface area contributed by atoms with E-state index in [-0.39, 0.29) is 31.1 Å². The molecule has 8 heteroatoms. The van der Waals surface area contributed by atoms with Crippen LogP contribution in [0, 0.1) is 0 Å². The van der Waals surface area contributed by atoms with E-state index in [4.69, 9.17) is 5.73 Å². The fourth-order valence-electron chi connectivity index (χ4n) is 3.93. The lowest BCUT2D eigenvalue weighted by atomic mass is 10.1. The van der Waals surface area contributed by atoms with Gasteiger partial charge in [-0.05, 0) is 35.7 Å². The van der Waals surface area contributed by atoms with Crippen LogP contribution in [0.2, 0.25) is 0 Å². The van der Waals surface area contributed by atoms with Gasteiger partial charge in [0.25, 0.3) is 0 Å². The van der Waals surface area contributed by atoms with Gasteiger partial charge in [0.15, 0.2) is 0 Å². The van der Waals surface area contributed by atoms with Gasteiger partial charge >= 0.3 is 0 Å². The number of carbonyl (C=O) groups excluding carboxylic acids is 3. The predicted molar refractivity (Wildman–Crippen MR) is 140 cm³/mol. The second-order valence-corrected chi connectivity index (χ2v) is 8.83. The Balaban J connectivity index is 1.77. The number of aromatic nitrogens is 2. The normalized spacial score (nSPS) is 11.6. The average molecular weight is 497 g/mol. The van der Waals surface area contributed by atoms with Crippen molar-refractivity contribution in [1.82, 2.24) is 9.55 Å². The number of hydrogen-bond donors (Lipinski definition) is 2. The third kappa shape index (κ3) is 6.29. The van der Waals surface area contributed by atoms with E-state index in [0.29, 0.717) is 5.69 Å². The third-order valence-corrected chi connectivity index (χ3v) is 6.03. The Hall–Kier alpha value is -4.72. The van der Waals surface area contributed by atoms with Crippen molar-refractivity contribution in [1.29, 1.82) is 0 Å². The molecule has 0 fully saturated rings. The van der Waals surface area contributed by atoms with Gasteiger partial charge in [-0.15, -0.1) is 0 Å². The van der Waals surface area contributed by atoms with Crippen LogP contribution in [0.1, 0.15) is 35.2 Å². The number of hydrogen-bond acceptors (Lipinski definition) is 5. The van der Waals surface area contributed by atoms with Gasteiger partial charge in [0, 0.05) is 6.20 Å². The number of imide groups is 1. The topological polar surface area (TPSA) is 119 Å². The van der Waals surface area contributed by atoms with Gasteiger partial charge in [0.1, 0.15) is 5.75 Å². The van der Waals surface area contributed by atoms with E-state index < -0.39 is 23.6 Å². The van der Waals surface area contributed by atoms with Gasteiger partial charge in [-0.3, -0.25) is 14.4 Å². The molecule has 0 aliphatic carbocycles. The van der Waals surface area contributed by atoms with Gasteiger partial charge in [0.05, 0.1) is 31.0 Å². The van der Waals surface area contributed by atoms with E-state index in [1.807, 2.05) is 60.7 Å². The number of benzene rings is 3. The van der Waals surface area contributed by atoms with E-state index in [0.717, 1.165) is 21.6 Å². The van der Waals surface area contributed by atoms with E-state index in [2.05, 4.69) is 4.98 Å². The Bertz CT molecular complexity index is 1330. The van der Waals surface area contributed by atoms with Gasteiger partial charge in [-0.1, -0.05) is 72.8 Å². The minimum atomic E-state index is -0.727. The van der Waals surface area contributed by atoms with Gasteiger partial charge < -0.3 is 15.4 Å². The zero-order chi connectivity index (χ0) is 26.4. The predicted octanol–water partition coefficient (Wildman–Crippen LogP) is 3.57. The molecule has 3 N–H and O–H groups in total. The first-order valence-electron chi connectivity index (χ1n) is 11.9. The van der Waals surface area contributed by atoms with Crippen LogP contribution in [0.5, 0.6) is 5.75 Å². The summed E-state index contributed by atoms with van der Waals surface area (Å²) in [6.45, 7) is 1.88. The number of phenolic OH excluding ortho intramolecular Hbond substituents is 1. The van der Waals surface area contributed by atoms with E-state index in [1.54, 1.807) is 42.0 Å². The minimum absolute atomic E-state index is 0.00581. The molecule has 8 nitrogen and oxygen atoms in total. The van der Waals surface area contributed by atoms with Crippen LogP contribution in [-0.4, -0.2) is 32.4 Å². The lowest BCUT2D eigenvalue weighted by molar-refractivity contribution is -0.126. The minimum Gasteiger partial charge on any atom is -0.508 e. The molecular formula is C29H28N4O4. The summed E-state index contributed by atoms with van der Waals surface area (Å²) in [5.74, 6) is -1.95. The average Bonchev–Trinajstić information content (AvgIpc) is 3.29. The summed E-state index contributed by atoms with van der Waals surface area (Å²) in [5, 5.41) is 9.66. The second-order valence-electron chi connectivity index (χ2n) is 8.83. The van der Waals surface area contributed by atoms with Crippen molar-refractivity contribution in [2.24, 2.45) is 5.73 Å². The molecule has 0 spiro atoms. The van der Waals surface area contributed by atoms with Crippen molar-refractivity contribution in [3.05, 3.63) is 114 Å². The number of primary amides is 1. The first-order chi connectivity index (χ1) is 17.8. The van der Waals surface area contributed by atoms with Crippen molar-refractivity contribution < 1.29 is 19.5 Å². The van der Waals surface area contributed by atoms with Crippen LogP contribution in [0.3, 0.4) is 0 Å². The fourth-order valence-corrected chi connectivity index (χ4v) is 3.93. The van der Waals surface area contributed by atoms with E-state index in [9.17, 15) is 19.5 Å². The first kappa shape index (κ1) is 25.4. The molecule has 3 aromatic carbocycles. The number of aromatic hydroxyl groups is 1. The van der Waals surface area contributed by atoms with Crippen LogP contribution in [0.25, 0.3) is 0 Å². The molecule has 188 valence electrons. The van der Waals surface area contributed by atoms with Crippen molar-refractivity contribution in [3.8, 4) is 5.75 Å². The van der Waals surface area contributed by atoms with Crippen LogP contribution in [-0.2, 0) is 33.8 Å². The van der Waals surface area contributed by atoms with E-state index in [1.165, 1.54) is 0 Å². The maximum Gasteiger partial charge on any atom is 0.240 e. The lowest BCUT2D eigenvalue weighted by Gasteiger charge is -2.21. The van der Waals surface area contributed by atoms with Gasteiger partial charge in [-0.2, -0.15) is 0 Å². The molecule has 4 aromatic rings. The van der Waals surface area contributed by atoms with Crippen LogP contribution in [0.4, 0.5) is 5.95 Å². The largest absolute Gasteiger partial charge is 0.508 e. The Labute approximate surface area is 215 Å². The zero-order valence-electron chi connectivity index (χ0n) is 20.4. The van der Waals surface area contributed by atoms with E-state index >= 15 is 0 Å². The quantitative estimate of drug-likeness (QED) is 0.367. The Morgan fingerprint density at radius 2 is 1.35 bits per heavy atom. The molecule has 1 unspecified atom stereocenters. The number of amides is 3. The summed E-state index contributed by atoms with van der Waals surface area (Å²) >= 11 is 0. The summed E-state index contributed by atoms with van der Waals surface area (Å²) in [5.41, 5.74) is 8.21. The van der Waals surface area contributed by atoms with Gasteiger partial charge in [0.2, 0.25) is 23.7 Å². The number of carbonyl (C=O) groups is 3. The number of rotatable bonds is 9. The van der Waals surface area contributed by atoms with Crippen LogP contribution >= 0.6 is 0 Å². The Morgan fingerprint density at radius 1 is 0.838 bits per heavy atom. The maximum atomic E-state index is 13.6. The highest BCUT2D eigenvalue weighted by Gasteiger charge is 2.30. The summed E-state index contributed by atoms with van der Waals surface area (Å²) in [4.78, 5) is 44.9. The van der Waals surface area contributed by atoms with Crippen molar-refractivity contribution >= 4 is 23.7 Å². The Morgan fingerprint density at radius 3 is 1.84 bits per heavy atom. The lowest BCUT2D eigenvalue weighted by Crippen LogP contribution is -2.41. The van der Waals surface area contributed by atoms with Crippen molar-refractivity contribution in [2.75, 3.05) is 4.90 Å². The number of imidazole rings is 1. The molecule has 0 aliphatic rings. The smallest absolute Gasteiger partial charge is 0.240 e. The Kier molecular flexibility index (Phi) is 7.78. The molecule has 4 rings (SSSR count). The molecule has 0 aliphatic heterocycles. The fraction of sp³-hybridized carbons (Fsp3) is 0.172. The summed E-state index contributed by atoms with van der Waals surface area (Å²) in [6.07, 6.45) is 1.62. The highest BCUT2D eigenvalue weighted by atomic mass is 16.3. The summed E-state index contributed by atoms with van der Waals surface area (Å²) in [7, 11) is 0. The first-order valence-corrected chi connectivity index (χ1v) is 11.9. The maximum absolute atomic E-state index is 13.6. The molecule has 3 amide bonds. The van der Waals surface area contributed by atoms with Crippen molar-refractivity contribution in [2.45, 2.75) is 32.2 Å². The number of nitrogens with two attached hydrogens (primary N) is 1. The third-order valence-electron chi connectivity index (χ3n) is 6.03. The standard InChI is InChI=1S/C29H28N4O4/c1-20(28(30)37)25-19-32(18-23-12-14-24(34)15-13-23)29(31-25)33(26(35)16-21-8-4-2-5-9-21)27(36)17-22-10-6-3-7-11-22/h2-15,19-20,34H,16-18H2,1H3,(H2,30,37). The molecule has 37 heavy (non-hydrogen) atoms. The highest BCUT2D eigenvalue weighted by molar-refractivity contribution is 6.14. The molecule has 0 radical (unpaired) electrons. The van der Waals surface area contributed by atoms with Crippen LogP contribution < -0.4 is 10.6 Å². The number of phenols is 1. The number of anilines is 1. The SMILES string of the molecule is CC(C(N)=O)c1cn(Cc2ccc(O)cc2)c(N(C(=O)Cc2ccccc2)C(=O)Cc2ccccc2)n1.